The Hall–Kier alpha value is -3.56. The number of para-hydroxylation sites is 1. The van der Waals surface area contributed by atoms with Crippen LogP contribution in [0, 0.1) is 11.8 Å². The Morgan fingerprint density at radius 3 is 2.11 bits per heavy atom. The van der Waals surface area contributed by atoms with E-state index in [0.717, 1.165) is 36.6 Å². The number of rotatable bonds is 10. The van der Waals surface area contributed by atoms with Gasteiger partial charge in [0.05, 0.1) is 16.6 Å². The van der Waals surface area contributed by atoms with E-state index >= 15 is 0 Å². The number of hydrogen-bond acceptors (Lipinski definition) is 6. The highest BCUT2D eigenvalue weighted by Crippen LogP contribution is 2.65. The first-order valence-electron chi connectivity index (χ1n) is 16.3. The zero-order valence-corrected chi connectivity index (χ0v) is 27.3. The van der Waals surface area contributed by atoms with Gasteiger partial charge in [0.15, 0.2) is 0 Å². The molecule has 1 unspecified atom stereocenters. The SMILES string of the molecule is CCN(CC)c1ccc(N2CC=C[C@]34S[C@]5(C)C=CCN(c6ccccc6)C(=O)[C@@H]5[C@H]3C(=O)N(CCCCCO)C4C2=O)cc1. The highest BCUT2D eigenvalue weighted by molar-refractivity contribution is 8.02. The van der Waals surface area contributed by atoms with E-state index in [1.54, 1.807) is 26.5 Å². The zero-order valence-electron chi connectivity index (χ0n) is 26.5. The van der Waals surface area contributed by atoms with Crippen LogP contribution in [0.1, 0.15) is 40.0 Å². The molecule has 4 aliphatic rings. The Morgan fingerprint density at radius 1 is 0.800 bits per heavy atom. The molecule has 1 spiro atoms. The van der Waals surface area contributed by atoms with Gasteiger partial charge in [-0.2, -0.15) is 0 Å². The Bertz CT molecular complexity index is 1480. The van der Waals surface area contributed by atoms with Crippen LogP contribution in [-0.2, 0) is 14.4 Å². The van der Waals surface area contributed by atoms with Crippen molar-refractivity contribution in [2.45, 2.75) is 55.6 Å². The van der Waals surface area contributed by atoms with Crippen LogP contribution in [0.2, 0.25) is 0 Å². The van der Waals surface area contributed by atoms with Crippen molar-refractivity contribution in [3.63, 3.8) is 0 Å². The molecule has 4 heterocycles. The second kappa shape index (κ2) is 12.7. The van der Waals surface area contributed by atoms with E-state index in [0.29, 0.717) is 32.5 Å². The second-order valence-corrected chi connectivity index (χ2v) is 14.3. The Kier molecular flexibility index (Phi) is 8.85. The highest BCUT2D eigenvalue weighted by Gasteiger charge is 2.74. The molecule has 0 bridgehead atoms. The molecular weight excluding hydrogens is 584 g/mol. The summed E-state index contributed by atoms with van der Waals surface area (Å²) < 4.78 is -1.55. The number of aliphatic hydroxyl groups excluding tert-OH is 1. The van der Waals surface area contributed by atoms with Gasteiger partial charge >= 0.3 is 0 Å². The monoisotopic (exact) mass is 628 g/mol. The number of carbonyl (C=O) groups is 3. The van der Waals surface area contributed by atoms with Crippen LogP contribution in [0.15, 0.2) is 78.9 Å². The first-order valence-corrected chi connectivity index (χ1v) is 17.1. The molecule has 0 radical (unpaired) electrons. The van der Waals surface area contributed by atoms with Crippen LogP contribution < -0.4 is 14.7 Å². The summed E-state index contributed by atoms with van der Waals surface area (Å²) in [6.07, 6.45) is 10.3. The number of thioether (sulfide) groups is 1. The highest BCUT2D eigenvalue weighted by atomic mass is 32.2. The lowest BCUT2D eigenvalue weighted by molar-refractivity contribution is -0.139. The van der Waals surface area contributed by atoms with Crippen LogP contribution in [0.25, 0.3) is 0 Å². The van der Waals surface area contributed by atoms with Gasteiger partial charge in [-0.3, -0.25) is 14.4 Å². The van der Waals surface area contributed by atoms with Gasteiger partial charge in [-0.05, 0) is 76.4 Å². The number of benzene rings is 2. The van der Waals surface area contributed by atoms with Crippen molar-refractivity contribution in [2.75, 3.05) is 54.0 Å². The normalized spacial score (nSPS) is 29.0. The molecule has 6 rings (SSSR count). The predicted octanol–water partition coefficient (Wildman–Crippen LogP) is 4.89. The summed E-state index contributed by atoms with van der Waals surface area (Å²) in [5.74, 6) is -1.62. The molecular formula is C36H44N4O4S. The van der Waals surface area contributed by atoms with Crippen LogP contribution in [-0.4, -0.2) is 82.6 Å². The summed E-state index contributed by atoms with van der Waals surface area (Å²) in [6.45, 7) is 9.43. The van der Waals surface area contributed by atoms with Crippen LogP contribution >= 0.6 is 11.8 Å². The maximum absolute atomic E-state index is 14.8. The van der Waals surface area contributed by atoms with Gasteiger partial charge in [0, 0.05) is 61.1 Å². The summed E-state index contributed by atoms with van der Waals surface area (Å²) in [4.78, 5) is 51.6. The van der Waals surface area contributed by atoms with Crippen LogP contribution in [0.4, 0.5) is 17.1 Å². The molecule has 0 aromatic heterocycles. The number of nitrogens with zero attached hydrogens (tertiary/aromatic N) is 4. The van der Waals surface area contributed by atoms with Gasteiger partial charge in [-0.15, -0.1) is 11.8 Å². The first kappa shape index (κ1) is 31.4. The Morgan fingerprint density at radius 2 is 1.44 bits per heavy atom. The van der Waals surface area contributed by atoms with Gasteiger partial charge < -0.3 is 24.7 Å². The first-order chi connectivity index (χ1) is 21.8. The predicted molar refractivity (Wildman–Crippen MR) is 182 cm³/mol. The fourth-order valence-electron chi connectivity index (χ4n) is 7.84. The van der Waals surface area contributed by atoms with Gasteiger partial charge in [-0.25, -0.2) is 0 Å². The van der Waals surface area contributed by atoms with Crippen molar-refractivity contribution < 1.29 is 19.5 Å². The summed E-state index contributed by atoms with van der Waals surface area (Å²) >= 11 is 1.61. The van der Waals surface area contributed by atoms with Crippen molar-refractivity contribution in [3.8, 4) is 0 Å². The number of unbranched alkanes of at least 4 members (excludes halogenated alkanes) is 2. The Balaban J connectivity index is 1.40. The number of carbonyl (C=O) groups excluding carboxylic acids is 3. The van der Waals surface area contributed by atoms with Gasteiger partial charge in [0.25, 0.3) is 5.91 Å². The van der Waals surface area contributed by atoms with E-state index in [9.17, 15) is 19.5 Å². The molecule has 45 heavy (non-hydrogen) atoms. The lowest BCUT2D eigenvalue weighted by Gasteiger charge is -2.37. The Labute approximate surface area is 270 Å². The molecule has 0 aliphatic carbocycles. The average Bonchev–Trinajstić information content (AvgIpc) is 3.31. The molecule has 5 atom stereocenters. The topological polar surface area (TPSA) is 84.4 Å². The van der Waals surface area contributed by atoms with Crippen molar-refractivity contribution in [1.29, 1.82) is 0 Å². The van der Waals surface area contributed by atoms with E-state index in [-0.39, 0.29) is 24.3 Å². The molecule has 4 aliphatic heterocycles. The standard InChI is InChI=1S/C36H44N4O4S/c1-4-37(5-2)26-16-18-28(19-17-26)39-24-13-21-36-30(33(43)40(31(36)34(39)44)22-10-7-11-25-41)29-32(42)38(27-14-8-6-9-15-27)23-12-20-35(29,3)45-36/h6,8-9,12-21,29-31,41H,4-5,7,10-11,22-25H2,1-3H3/t29-,30-,31?,35+,36-/m0/s1. The zero-order chi connectivity index (χ0) is 31.8. The van der Waals surface area contributed by atoms with Crippen molar-refractivity contribution in [3.05, 3.63) is 78.9 Å². The van der Waals surface area contributed by atoms with Gasteiger partial charge in [0.1, 0.15) is 6.04 Å². The third-order valence-electron chi connectivity index (χ3n) is 9.97. The summed E-state index contributed by atoms with van der Waals surface area (Å²) in [6, 6.07) is 17.0. The second-order valence-electron chi connectivity index (χ2n) is 12.5. The molecule has 2 aromatic carbocycles. The van der Waals surface area contributed by atoms with E-state index in [4.69, 9.17) is 0 Å². The molecule has 2 fully saturated rings. The molecule has 3 amide bonds. The minimum atomic E-state index is -0.889. The molecule has 9 heteroatoms. The third kappa shape index (κ3) is 5.27. The van der Waals surface area contributed by atoms with E-state index in [1.165, 1.54) is 0 Å². The molecule has 238 valence electrons. The van der Waals surface area contributed by atoms with E-state index < -0.39 is 27.4 Å². The quantitative estimate of drug-likeness (QED) is 0.298. The number of aliphatic hydroxyl groups is 1. The molecule has 2 aromatic rings. The molecule has 1 N–H and O–H groups in total. The van der Waals surface area contributed by atoms with Gasteiger partial charge in [-0.1, -0.05) is 42.5 Å². The molecule has 8 nitrogen and oxygen atoms in total. The van der Waals surface area contributed by atoms with E-state index in [2.05, 4.69) is 50.0 Å². The van der Waals surface area contributed by atoms with Gasteiger partial charge in [0.2, 0.25) is 11.8 Å². The van der Waals surface area contributed by atoms with Crippen molar-refractivity contribution >= 4 is 46.5 Å². The number of hydrogen-bond donors (Lipinski definition) is 1. The number of amides is 3. The maximum atomic E-state index is 14.8. The lowest BCUT2D eigenvalue weighted by Crippen LogP contribution is -2.53. The van der Waals surface area contributed by atoms with Crippen molar-refractivity contribution in [2.24, 2.45) is 11.8 Å². The summed E-state index contributed by atoms with van der Waals surface area (Å²) in [5, 5.41) is 9.38. The fraction of sp³-hybridized carbons (Fsp3) is 0.472. The van der Waals surface area contributed by atoms with Crippen molar-refractivity contribution in [1.82, 2.24) is 4.90 Å². The lowest BCUT2D eigenvalue weighted by atomic mass is 9.74. The number of fused-ring (bicyclic) bond motifs is 2. The van der Waals surface area contributed by atoms with Crippen LogP contribution in [0.3, 0.4) is 0 Å². The minimum absolute atomic E-state index is 0.0775. The largest absolute Gasteiger partial charge is 0.396 e. The smallest absolute Gasteiger partial charge is 0.251 e. The molecule has 2 saturated heterocycles. The maximum Gasteiger partial charge on any atom is 0.251 e. The van der Waals surface area contributed by atoms with Crippen LogP contribution in [0.5, 0.6) is 0 Å². The third-order valence-corrected chi connectivity index (χ3v) is 11.8. The summed E-state index contributed by atoms with van der Waals surface area (Å²) in [7, 11) is 0. The number of anilines is 3. The minimum Gasteiger partial charge on any atom is -0.396 e. The van der Waals surface area contributed by atoms with E-state index in [1.807, 2.05) is 54.6 Å². The average molecular weight is 629 g/mol. The number of likely N-dealkylation sites (tertiary alicyclic amines) is 1. The summed E-state index contributed by atoms with van der Waals surface area (Å²) in [5.41, 5.74) is 2.70. The fourth-order valence-corrected chi connectivity index (χ4v) is 9.99. The molecule has 0 saturated carbocycles.